The van der Waals surface area contributed by atoms with Crippen molar-refractivity contribution in [3.05, 3.63) is 47.0 Å². The monoisotopic (exact) mass is 351 g/mol. The molecule has 0 aliphatic carbocycles. The molecule has 0 aliphatic rings. The van der Waals surface area contributed by atoms with Gasteiger partial charge in [0, 0.05) is 29.5 Å². The van der Waals surface area contributed by atoms with Crippen LogP contribution in [0.25, 0.3) is 0 Å². The maximum atomic E-state index is 6.03. The van der Waals surface area contributed by atoms with E-state index >= 15 is 0 Å². The highest BCUT2D eigenvalue weighted by atomic mass is 79.9. The SMILES string of the molecule is CCC(N)Cc1cc(OCCCn2ccnc2)ccc1Br. The van der Waals surface area contributed by atoms with Crippen LogP contribution in [0.2, 0.25) is 0 Å². The van der Waals surface area contributed by atoms with Crippen molar-refractivity contribution in [2.24, 2.45) is 5.73 Å². The summed E-state index contributed by atoms with van der Waals surface area (Å²) in [7, 11) is 0. The van der Waals surface area contributed by atoms with Crippen LogP contribution in [0.3, 0.4) is 0 Å². The minimum Gasteiger partial charge on any atom is -0.494 e. The molecule has 0 saturated heterocycles. The summed E-state index contributed by atoms with van der Waals surface area (Å²) >= 11 is 3.57. The molecule has 1 heterocycles. The standard InChI is InChI=1S/C16H22BrN3O/c1-2-14(18)10-13-11-15(4-5-16(13)17)21-9-3-7-20-8-6-19-12-20/h4-6,8,11-12,14H,2-3,7,9-10,18H2,1H3. The number of rotatable bonds is 8. The number of aryl methyl sites for hydroxylation is 1. The van der Waals surface area contributed by atoms with Crippen LogP contribution in [0.5, 0.6) is 5.75 Å². The third-order valence-corrected chi connectivity index (χ3v) is 4.19. The zero-order valence-corrected chi connectivity index (χ0v) is 13.9. The summed E-state index contributed by atoms with van der Waals surface area (Å²) in [6.45, 7) is 3.72. The Balaban J connectivity index is 1.83. The van der Waals surface area contributed by atoms with Gasteiger partial charge in [-0.25, -0.2) is 4.98 Å². The molecule has 1 aromatic heterocycles. The van der Waals surface area contributed by atoms with E-state index in [0.717, 1.165) is 36.0 Å². The highest BCUT2D eigenvalue weighted by Crippen LogP contribution is 2.24. The van der Waals surface area contributed by atoms with Crippen LogP contribution in [0.4, 0.5) is 0 Å². The van der Waals surface area contributed by atoms with Crippen molar-refractivity contribution < 1.29 is 4.74 Å². The summed E-state index contributed by atoms with van der Waals surface area (Å²) in [5, 5.41) is 0. The summed E-state index contributed by atoms with van der Waals surface area (Å²) in [6.07, 6.45) is 8.37. The van der Waals surface area contributed by atoms with E-state index in [0.29, 0.717) is 6.61 Å². The lowest BCUT2D eigenvalue weighted by Gasteiger charge is -2.13. The molecule has 1 aromatic carbocycles. The molecular weight excluding hydrogens is 330 g/mol. The van der Waals surface area contributed by atoms with E-state index in [1.807, 2.05) is 24.7 Å². The molecule has 0 spiro atoms. The normalized spacial score (nSPS) is 12.3. The first-order valence-electron chi connectivity index (χ1n) is 7.31. The topological polar surface area (TPSA) is 53.1 Å². The van der Waals surface area contributed by atoms with Crippen molar-refractivity contribution in [1.82, 2.24) is 9.55 Å². The van der Waals surface area contributed by atoms with Crippen LogP contribution in [-0.2, 0) is 13.0 Å². The Hall–Kier alpha value is -1.33. The summed E-state index contributed by atoms with van der Waals surface area (Å²) in [5.41, 5.74) is 7.23. The lowest BCUT2D eigenvalue weighted by molar-refractivity contribution is 0.301. The molecule has 2 N–H and O–H groups in total. The molecule has 2 rings (SSSR count). The Morgan fingerprint density at radius 3 is 3.00 bits per heavy atom. The molecule has 0 aliphatic heterocycles. The minimum atomic E-state index is 0.192. The van der Waals surface area contributed by atoms with E-state index < -0.39 is 0 Å². The van der Waals surface area contributed by atoms with Gasteiger partial charge in [0.05, 0.1) is 12.9 Å². The van der Waals surface area contributed by atoms with E-state index in [4.69, 9.17) is 10.5 Å². The molecule has 0 saturated carbocycles. The van der Waals surface area contributed by atoms with Crippen molar-refractivity contribution in [2.45, 2.75) is 38.8 Å². The van der Waals surface area contributed by atoms with Gasteiger partial charge in [-0.3, -0.25) is 0 Å². The number of benzene rings is 1. The Kier molecular flexibility index (Phi) is 6.26. The van der Waals surface area contributed by atoms with Gasteiger partial charge in [0.15, 0.2) is 0 Å². The molecular formula is C16H22BrN3O. The van der Waals surface area contributed by atoms with E-state index in [9.17, 15) is 0 Å². The number of ether oxygens (including phenoxy) is 1. The molecule has 1 atom stereocenters. The van der Waals surface area contributed by atoms with Gasteiger partial charge in [-0.1, -0.05) is 22.9 Å². The van der Waals surface area contributed by atoms with Crippen LogP contribution in [-0.4, -0.2) is 22.2 Å². The molecule has 0 radical (unpaired) electrons. The molecule has 21 heavy (non-hydrogen) atoms. The van der Waals surface area contributed by atoms with Crippen LogP contribution >= 0.6 is 15.9 Å². The Morgan fingerprint density at radius 1 is 1.43 bits per heavy atom. The van der Waals surface area contributed by atoms with Crippen molar-refractivity contribution in [3.8, 4) is 5.75 Å². The predicted molar refractivity (Wildman–Crippen MR) is 88.5 cm³/mol. The van der Waals surface area contributed by atoms with Gasteiger partial charge in [-0.05, 0) is 43.0 Å². The number of imidazole rings is 1. The van der Waals surface area contributed by atoms with Crippen LogP contribution < -0.4 is 10.5 Å². The van der Waals surface area contributed by atoms with E-state index in [2.05, 4.69) is 38.5 Å². The fourth-order valence-electron chi connectivity index (χ4n) is 2.08. The maximum absolute atomic E-state index is 6.03. The summed E-state index contributed by atoms with van der Waals surface area (Å²) in [5.74, 6) is 0.905. The Morgan fingerprint density at radius 2 is 2.29 bits per heavy atom. The van der Waals surface area contributed by atoms with Crippen LogP contribution in [0.1, 0.15) is 25.3 Å². The summed E-state index contributed by atoms with van der Waals surface area (Å²) in [6, 6.07) is 6.29. The van der Waals surface area contributed by atoms with E-state index in [1.165, 1.54) is 5.56 Å². The predicted octanol–water partition coefficient (Wildman–Crippen LogP) is 3.39. The maximum Gasteiger partial charge on any atom is 0.119 e. The van der Waals surface area contributed by atoms with Crippen molar-refractivity contribution >= 4 is 15.9 Å². The molecule has 4 nitrogen and oxygen atoms in total. The third-order valence-electron chi connectivity index (χ3n) is 3.41. The minimum absolute atomic E-state index is 0.192. The molecule has 5 heteroatoms. The number of nitrogens with two attached hydrogens (primary N) is 1. The first kappa shape index (κ1) is 16.0. The largest absolute Gasteiger partial charge is 0.494 e. The van der Waals surface area contributed by atoms with Crippen LogP contribution in [0.15, 0.2) is 41.4 Å². The molecule has 114 valence electrons. The number of hydrogen-bond donors (Lipinski definition) is 1. The molecule has 1 unspecified atom stereocenters. The fourth-order valence-corrected chi connectivity index (χ4v) is 2.49. The summed E-state index contributed by atoms with van der Waals surface area (Å²) in [4.78, 5) is 4.02. The second kappa shape index (κ2) is 8.20. The zero-order valence-electron chi connectivity index (χ0n) is 12.3. The average Bonchev–Trinajstić information content (AvgIpc) is 3.00. The first-order chi connectivity index (χ1) is 10.2. The number of aromatic nitrogens is 2. The Labute approximate surface area is 134 Å². The lowest BCUT2D eigenvalue weighted by Crippen LogP contribution is -2.21. The number of hydrogen-bond acceptors (Lipinski definition) is 3. The average molecular weight is 352 g/mol. The molecule has 2 aromatic rings. The molecule has 0 amide bonds. The highest BCUT2D eigenvalue weighted by molar-refractivity contribution is 9.10. The third kappa shape index (κ3) is 5.17. The zero-order chi connectivity index (χ0) is 15.1. The number of halogens is 1. The molecule has 0 bridgehead atoms. The summed E-state index contributed by atoms with van der Waals surface area (Å²) < 4.78 is 8.97. The van der Waals surface area contributed by atoms with Crippen molar-refractivity contribution in [2.75, 3.05) is 6.61 Å². The number of nitrogens with zero attached hydrogens (tertiary/aromatic N) is 2. The van der Waals surface area contributed by atoms with E-state index in [1.54, 1.807) is 6.20 Å². The van der Waals surface area contributed by atoms with Gasteiger partial charge >= 0.3 is 0 Å². The molecule has 0 fully saturated rings. The van der Waals surface area contributed by atoms with Gasteiger partial charge in [-0.2, -0.15) is 0 Å². The first-order valence-corrected chi connectivity index (χ1v) is 8.11. The lowest BCUT2D eigenvalue weighted by atomic mass is 10.0. The van der Waals surface area contributed by atoms with E-state index in [-0.39, 0.29) is 6.04 Å². The van der Waals surface area contributed by atoms with Gasteiger partial charge in [0.2, 0.25) is 0 Å². The van der Waals surface area contributed by atoms with Gasteiger partial charge in [-0.15, -0.1) is 0 Å². The van der Waals surface area contributed by atoms with Gasteiger partial charge in [0.1, 0.15) is 5.75 Å². The van der Waals surface area contributed by atoms with Crippen molar-refractivity contribution in [3.63, 3.8) is 0 Å². The second-order valence-electron chi connectivity index (χ2n) is 5.13. The van der Waals surface area contributed by atoms with Gasteiger partial charge < -0.3 is 15.0 Å². The van der Waals surface area contributed by atoms with Gasteiger partial charge in [0.25, 0.3) is 0 Å². The van der Waals surface area contributed by atoms with Crippen LogP contribution in [0, 0.1) is 0 Å². The Bertz CT molecular complexity index is 542. The highest BCUT2D eigenvalue weighted by Gasteiger charge is 2.07. The second-order valence-corrected chi connectivity index (χ2v) is 5.98. The fraction of sp³-hybridized carbons (Fsp3) is 0.438. The quantitative estimate of drug-likeness (QED) is 0.741. The van der Waals surface area contributed by atoms with Crippen molar-refractivity contribution in [1.29, 1.82) is 0 Å². The smallest absolute Gasteiger partial charge is 0.119 e.